The van der Waals surface area contributed by atoms with Crippen molar-refractivity contribution in [3.05, 3.63) is 91.0 Å². The van der Waals surface area contributed by atoms with E-state index >= 15 is 0 Å². The molecule has 2 aromatic heterocycles. The molecule has 0 atom stereocenters. The molecule has 0 aliphatic carbocycles. The van der Waals surface area contributed by atoms with Gasteiger partial charge in [0.25, 0.3) is 0 Å². The van der Waals surface area contributed by atoms with Crippen LogP contribution in [-0.4, -0.2) is 9.13 Å². The Kier molecular flexibility index (Phi) is 3.18. The Morgan fingerprint density at radius 1 is 0.536 bits per heavy atom. The minimum Gasteiger partial charge on any atom is -0.339 e. The van der Waals surface area contributed by atoms with Crippen LogP contribution < -0.4 is 0 Å². The predicted octanol–water partition coefficient (Wildman–Crippen LogP) is 6.91. The fourth-order valence-electron chi connectivity index (χ4n) is 4.78. The second-order valence-corrected chi connectivity index (χ2v) is 7.30. The number of nitrogens with zero attached hydrogens (tertiary/aromatic N) is 2. The summed E-state index contributed by atoms with van der Waals surface area (Å²) in [5, 5.41) is 5.24. The third kappa shape index (κ3) is 1.92. The van der Waals surface area contributed by atoms with Crippen LogP contribution in [0.4, 0.5) is 0 Å². The molecule has 0 saturated heterocycles. The van der Waals surface area contributed by atoms with Crippen LogP contribution >= 0.6 is 0 Å². The van der Waals surface area contributed by atoms with Crippen molar-refractivity contribution < 1.29 is 0 Å². The summed E-state index contributed by atoms with van der Waals surface area (Å²) >= 11 is 0. The molecule has 0 N–H and O–H groups in total. The smallest absolute Gasteiger partial charge is 0.0736 e. The van der Waals surface area contributed by atoms with Gasteiger partial charge in [0.05, 0.1) is 22.2 Å². The van der Waals surface area contributed by atoms with Crippen LogP contribution in [0.15, 0.2) is 91.0 Å². The Morgan fingerprint density at radius 2 is 1.04 bits per heavy atom. The maximum absolute atomic E-state index is 2.45. The Morgan fingerprint density at radius 3 is 1.64 bits per heavy atom. The molecule has 0 aliphatic rings. The van der Waals surface area contributed by atoms with E-state index in [0.717, 1.165) is 6.54 Å². The van der Waals surface area contributed by atoms with Gasteiger partial charge in [-0.1, -0.05) is 66.7 Å². The van der Waals surface area contributed by atoms with E-state index < -0.39 is 0 Å². The number of fused-ring (bicyclic) bond motifs is 6. The van der Waals surface area contributed by atoms with Crippen LogP contribution in [0.2, 0.25) is 0 Å². The number of aromatic nitrogens is 2. The normalized spacial score (nSPS) is 11.9. The zero-order chi connectivity index (χ0) is 18.7. The molecule has 28 heavy (non-hydrogen) atoms. The zero-order valence-corrected chi connectivity index (χ0v) is 15.8. The molecule has 0 saturated carbocycles. The number of benzene rings is 4. The van der Waals surface area contributed by atoms with E-state index in [9.17, 15) is 0 Å². The number of rotatable bonds is 2. The van der Waals surface area contributed by atoms with Gasteiger partial charge < -0.3 is 9.13 Å². The highest BCUT2D eigenvalue weighted by Crippen LogP contribution is 2.37. The van der Waals surface area contributed by atoms with Crippen molar-refractivity contribution in [1.82, 2.24) is 9.13 Å². The number of aryl methyl sites for hydroxylation is 1. The topological polar surface area (TPSA) is 9.86 Å². The Hall–Kier alpha value is -3.52. The van der Waals surface area contributed by atoms with E-state index in [2.05, 4.69) is 107 Å². The molecule has 6 aromatic rings. The van der Waals surface area contributed by atoms with Crippen LogP contribution in [0.5, 0.6) is 0 Å². The minimum atomic E-state index is 0.943. The lowest BCUT2D eigenvalue weighted by molar-refractivity contribution is 0.824. The summed E-state index contributed by atoms with van der Waals surface area (Å²) in [5.41, 5.74) is 6.35. The van der Waals surface area contributed by atoms with Gasteiger partial charge in [-0.25, -0.2) is 0 Å². The van der Waals surface area contributed by atoms with Crippen molar-refractivity contribution in [3.8, 4) is 5.69 Å². The average molecular weight is 360 g/mol. The number of hydrogen-bond acceptors (Lipinski definition) is 0. The van der Waals surface area contributed by atoms with Crippen LogP contribution in [-0.2, 0) is 6.54 Å². The summed E-state index contributed by atoms with van der Waals surface area (Å²) in [5.74, 6) is 0. The SMILES string of the molecule is CCn1c2ccccc2c2cccc(-n3c4ccccc4c4ccccc43)c21. The van der Waals surface area contributed by atoms with Crippen molar-refractivity contribution in [2.45, 2.75) is 13.5 Å². The highest BCUT2D eigenvalue weighted by atomic mass is 15.0. The molecule has 0 unspecified atom stereocenters. The highest BCUT2D eigenvalue weighted by Gasteiger charge is 2.17. The molecule has 4 aromatic carbocycles. The zero-order valence-electron chi connectivity index (χ0n) is 15.8. The van der Waals surface area contributed by atoms with Gasteiger partial charge in [-0.05, 0) is 31.2 Å². The summed E-state index contributed by atoms with van der Waals surface area (Å²) in [6.45, 7) is 3.17. The van der Waals surface area contributed by atoms with E-state index in [0.29, 0.717) is 0 Å². The Balaban J connectivity index is 1.87. The Labute approximate surface area is 163 Å². The minimum absolute atomic E-state index is 0.943. The molecule has 0 radical (unpaired) electrons. The van der Waals surface area contributed by atoms with Crippen LogP contribution in [0.1, 0.15) is 6.92 Å². The largest absolute Gasteiger partial charge is 0.339 e. The van der Waals surface area contributed by atoms with E-state index in [-0.39, 0.29) is 0 Å². The number of para-hydroxylation sites is 4. The van der Waals surface area contributed by atoms with Gasteiger partial charge >= 0.3 is 0 Å². The monoisotopic (exact) mass is 360 g/mol. The van der Waals surface area contributed by atoms with E-state index in [1.807, 2.05) is 0 Å². The third-order valence-corrected chi connectivity index (χ3v) is 5.91. The molecular formula is C26H20N2. The summed E-state index contributed by atoms with van der Waals surface area (Å²) in [7, 11) is 0. The quantitative estimate of drug-likeness (QED) is 0.317. The van der Waals surface area contributed by atoms with E-state index in [1.165, 1.54) is 49.3 Å². The molecule has 0 spiro atoms. The van der Waals surface area contributed by atoms with E-state index in [1.54, 1.807) is 0 Å². The lowest BCUT2D eigenvalue weighted by atomic mass is 10.1. The van der Waals surface area contributed by atoms with Crippen molar-refractivity contribution in [3.63, 3.8) is 0 Å². The van der Waals surface area contributed by atoms with Gasteiger partial charge in [-0.15, -0.1) is 0 Å². The van der Waals surface area contributed by atoms with Crippen molar-refractivity contribution in [1.29, 1.82) is 0 Å². The molecule has 0 bridgehead atoms. The van der Waals surface area contributed by atoms with Crippen molar-refractivity contribution >= 4 is 43.6 Å². The maximum atomic E-state index is 2.45. The average Bonchev–Trinajstić information content (AvgIpc) is 3.27. The molecule has 0 aliphatic heterocycles. The molecule has 0 amide bonds. The third-order valence-electron chi connectivity index (χ3n) is 5.91. The lowest BCUT2D eigenvalue weighted by Crippen LogP contribution is -2.00. The molecule has 2 heterocycles. The number of hydrogen-bond donors (Lipinski definition) is 0. The second-order valence-electron chi connectivity index (χ2n) is 7.30. The standard InChI is InChI=1S/C26H20N2/c1-2-27-22-14-6-3-12-20(22)21-13-9-17-25(26(21)27)28-23-15-7-4-10-18(23)19-11-5-8-16-24(19)28/h3-17H,2H2,1H3. The first kappa shape index (κ1) is 15.5. The maximum Gasteiger partial charge on any atom is 0.0736 e. The van der Waals surface area contributed by atoms with E-state index in [4.69, 9.17) is 0 Å². The molecule has 6 rings (SSSR count). The van der Waals surface area contributed by atoms with Crippen molar-refractivity contribution in [2.24, 2.45) is 0 Å². The van der Waals surface area contributed by atoms with Gasteiger partial charge in [0.15, 0.2) is 0 Å². The highest BCUT2D eigenvalue weighted by molar-refractivity contribution is 6.14. The van der Waals surface area contributed by atoms with Crippen LogP contribution in [0.3, 0.4) is 0 Å². The molecule has 2 heteroatoms. The Bertz CT molecular complexity index is 1440. The van der Waals surface area contributed by atoms with Gasteiger partial charge in [0.2, 0.25) is 0 Å². The molecule has 2 nitrogen and oxygen atoms in total. The lowest BCUT2D eigenvalue weighted by Gasteiger charge is -2.12. The fourth-order valence-corrected chi connectivity index (χ4v) is 4.78. The van der Waals surface area contributed by atoms with Gasteiger partial charge in [0.1, 0.15) is 0 Å². The predicted molar refractivity (Wildman–Crippen MR) is 119 cm³/mol. The summed E-state index contributed by atoms with van der Waals surface area (Å²) in [4.78, 5) is 0. The summed E-state index contributed by atoms with van der Waals surface area (Å²) in [6, 6.07) is 32.9. The molecule has 0 fully saturated rings. The first-order valence-corrected chi connectivity index (χ1v) is 9.87. The fraction of sp³-hybridized carbons (Fsp3) is 0.0769. The van der Waals surface area contributed by atoms with Gasteiger partial charge in [-0.2, -0.15) is 0 Å². The first-order chi connectivity index (χ1) is 13.9. The first-order valence-electron chi connectivity index (χ1n) is 9.87. The van der Waals surface area contributed by atoms with Gasteiger partial charge in [-0.3, -0.25) is 0 Å². The van der Waals surface area contributed by atoms with Crippen LogP contribution in [0, 0.1) is 0 Å². The van der Waals surface area contributed by atoms with Crippen molar-refractivity contribution in [2.75, 3.05) is 0 Å². The molecular weight excluding hydrogens is 340 g/mol. The van der Waals surface area contributed by atoms with Gasteiger partial charge in [0, 0.05) is 33.6 Å². The summed E-state index contributed by atoms with van der Waals surface area (Å²) < 4.78 is 4.88. The second kappa shape index (κ2) is 5.74. The van der Waals surface area contributed by atoms with Crippen LogP contribution in [0.25, 0.3) is 49.3 Å². The molecule has 134 valence electrons. The summed E-state index contributed by atoms with van der Waals surface area (Å²) in [6.07, 6.45) is 0.